The first-order valence-corrected chi connectivity index (χ1v) is 12.0. The highest BCUT2D eigenvalue weighted by Crippen LogP contribution is 2.29. The van der Waals surface area contributed by atoms with Gasteiger partial charge in [0, 0.05) is 22.8 Å². The molecule has 5 heteroatoms. The quantitative estimate of drug-likeness (QED) is 0.243. The van der Waals surface area contributed by atoms with E-state index in [4.69, 9.17) is 4.18 Å². The third-order valence-corrected chi connectivity index (χ3v) is 6.68. The lowest BCUT2D eigenvalue weighted by Crippen LogP contribution is -2.20. The maximum atomic E-state index is 13.1. The summed E-state index contributed by atoms with van der Waals surface area (Å²) in [6.07, 6.45) is 0. The lowest BCUT2D eigenvalue weighted by Gasteiger charge is -2.18. The highest BCUT2D eigenvalue weighted by Gasteiger charge is 2.24. The molecule has 0 amide bonds. The first-order valence-electron chi connectivity index (χ1n) is 10.4. The maximum Gasteiger partial charge on any atom is 0.310 e. The predicted octanol–water partition coefficient (Wildman–Crippen LogP) is 5.93. The number of fused-ring (bicyclic) bond motifs is 2. The van der Waals surface area contributed by atoms with Crippen molar-refractivity contribution in [1.29, 1.82) is 0 Å². The van der Waals surface area contributed by atoms with Crippen LogP contribution in [0.25, 0.3) is 21.8 Å². The van der Waals surface area contributed by atoms with Gasteiger partial charge in [0.25, 0.3) is 0 Å². The Morgan fingerprint density at radius 3 is 1.94 bits per heavy atom. The number of nitrogens with zero attached hydrogens (tertiary/aromatic N) is 1. The van der Waals surface area contributed by atoms with E-state index in [9.17, 15) is 8.42 Å². The third kappa shape index (κ3) is 4.34. The van der Waals surface area contributed by atoms with Crippen LogP contribution in [0.15, 0.2) is 109 Å². The molecule has 0 atom stereocenters. The Kier molecular flexibility index (Phi) is 5.33. The summed E-state index contributed by atoms with van der Waals surface area (Å²) in [6, 6.07) is 34.3. The van der Waals surface area contributed by atoms with E-state index in [0.717, 1.165) is 27.4 Å². The van der Waals surface area contributed by atoms with E-state index in [1.54, 1.807) is 12.1 Å². The Morgan fingerprint density at radius 2 is 1.25 bits per heavy atom. The second-order valence-corrected chi connectivity index (χ2v) is 9.33. The first kappa shape index (κ1) is 20.2. The van der Waals surface area contributed by atoms with Gasteiger partial charge in [-0.2, -0.15) is 8.42 Å². The summed E-state index contributed by atoms with van der Waals surface area (Å²) in [5, 5.41) is 1.97. The zero-order valence-corrected chi connectivity index (χ0v) is 18.1. The highest BCUT2D eigenvalue weighted by atomic mass is 32.2. The van der Waals surface area contributed by atoms with Crippen LogP contribution in [0.5, 0.6) is 5.75 Å². The van der Waals surface area contributed by atoms with Crippen LogP contribution in [0, 0.1) is 0 Å². The standard InChI is InChI=1S/C27H21NO3S/c29-32(30,19-25(20-9-3-1-4-10-20)21-11-5-2-6-12-21)31-24-16-15-23-17-22-13-7-8-14-26(22)28-27(23)18-24/h1-18,25H,19H2. The van der Waals surface area contributed by atoms with Gasteiger partial charge >= 0.3 is 10.1 Å². The number of hydrogen-bond acceptors (Lipinski definition) is 4. The van der Waals surface area contributed by atoms with Gasteiger partial charge in [-0.05, 0) is 35.4 Å². The zero-order chi connectivity index (χ0) is 22.0. The molecule has 5 aromatic rings. The van der Waals surface area contributed by atoms with Crippen molar-refractivity contribution in [1.82, 2.24) is 4.98 Å². The molecule has 4 nitrogen and oxygen atoms in total. The first-order chi connectivity index (χ1) is 15.6. The van der Waals surface area contributed by atoms with Gasteiger partial charge in [-0.25, -0.2) is 4.98 Å². The second kappa shape index (κ2) is 8.44. The van der Waals surface area contributed by atoms with Crippen LogP contribution < -0.4 is 4.18 Å². The fraction of sp³-hybridized carbons (Fsp3) is 0.0741. The summed E-state index contributed by atoms with van der Waals surface area (Å²) in [7, 11) is -3.87. The SMILES string of the molecule is O=S(=O)(CC(c1ccccc1)c1ccccc1)Oc1ccc2cc3ccccc3nc2c1. The molecule has 0 N–H and O–H groups in total. The molecule has 1 aromatic heterocycles. The lowest BCUT2D eigenvalue weighted by molar-refractivity contribution is 0.483. The van der Waals surface area contributed by atoms with Crippen molar-refractivity contribution in [2.24, 2.45) is 0 Å². The van der Waals surface area contributed by atoms with Crippen LogP contribution in [0.1, 0.15) is 17.0 Å². The van der Waals surface area contributed by atoms with Crippen LogP contribution in [-0.2, 0) is 10.1 Å². The number of rotatable bonds is 6. The number of aromatic nitrogens is 1. The molecule has 0 saturated carbocycles. The summed E-state index contributed by atoms with van der Waals surface area (Å²) in [5.41, 5.74) is 3.40. The largest absolute Gasteiger partial charge is 0.382 e. The van der Waals surface area contributed by atoms with E-state index in [2.05, 4.69) is 4.98 Å². The van der Waals surface area contributed by atoms with E-state index in [-0.39, 0.29) is 17.4 Å². The molecule has 0 aliphatic carbocycles. The van der Waals surface area contributed by atoms with E-state index in [1.165, 1.54) is 0 Å². The van der Waals surface area contributed by atoms with E-state index < -0.39 is 10.1 Å². The molecule has 1 heterocycles. The molecular weight excluding hydrogens is 418 g/mol. The summed E-state index contributed by atoms with van der Waals surface area (Å²) in [4.78, 5) is 4.65. The van der Waals surface area contributed by atoms with Crippen LogP contribution in [0.4, 0.5) is 0 Å². The zero-order valence-electron chi connectivity index (χ0n) is 17.3. The van der Waals surface area contributed by atoms with Gasteiger partial charge in [0.2, 0.25) is 0 Å². The van der Waals surface area contributed by atoms with Gasteiger partial charge in [-0.3, -0.25) is 0 Å². The Morgan fingerprint density at radius 1 is 0.656 bits per heavy atom. The molecule has 4 aromatic carbocycles. The average Bonchev–Trinajstić information content (AvgIpc) is 2.82. The number of hydrogen-bond donors (Lipinski definition) is 0. The van der Waals surface area contributed by atoms with Crippen molar-refractivity contribution in [3.05, 3.63) is 120 Å². The minimum Gasteiger partial charge on any atom is -0.382 e. The molecule has 0 aliphatic heterocycles. The van der Waals surface area contributed by atoms with E-state index >= 15 is 0 Å². The molecular formula is C27H21NO3S. The van der Waals surface area contributed by atoms with Gasteiger partial charge in [-0.1, -0.05) is 78.9 Å². The van der Waals surface area contributed by atoms with Crippen LogP contribution in [-0.4, -0.2) is 19.2 Å². The second-order valence-electron chi connectivity index (χ2n) is 7.72. The van der Waals surface area contributed by atoms with Crippen LogP contribution >= 0.6 is 0 Å². The van der Waals surface area contributed by atoms with Crippen molar-refractivity contribution < 1.29 is 12.6 Å². The number of pyridine rings is 1. The summed E-state index contributed by atoms with van der Waals surface area (Å²) < 4.78 is 31.7. The fourth-order valence-electron chi connectivity index (χ4n) is 3.94. The topological polar surface area (TPSA) is 56.3 Å². The summed E-state index contributed by atoms with van der Waals surface area (Å²) in [6.45, 7) is 0. The molecule has 32 heavy (non-hydrogen) atoms. The van der Waals surface area contributed by atoms with Crippen molar-refractivity contribution in [3.63, 3.8) is 0 Å². The Hall–Kier alpha value is -3.70. The maximum absolute atomic E-state index is 13.1. The number of para-hydroxylation sites is 1. The molecule has 5 rings (SSSR count). The van der Waals surface area contributed by atoms with Crippen molar-refractivity contribution in [2.75, 3.05) is 5.75 Å². The lowest BCUT2D eigenvalue weighted by atomic mass is 9.93. The normalized spacial score (nSPS) is 11.8. The monoisotopic (exact) mass is 439 g/mol. The Balaban J connectivity index is 1.46. The predicted molar refractivity (Wildman–Crippen MR) is 128 cm³/mol. The fourth-order valence-corrected chi connectivity index (χ4v) is 5.20. The molecule has 0 spiro atoms. The van der Waals surface area contributed by atoms with Gasteiger partial charge < -0.3 is 4.18 Å². The molecule has 0 fully saturated rings. The Labute approximate surface area is 187 Å². The van der Waals surface area contributed by atoms with E-state index in [0.29, 0.717) is 5.52 Å². The van der Waals surface area contributed by atoms with Gasteiger partial charge in [0.05, 0.1) is 16.8 Å². The molecule has 0 unspecified atom stereocenters. The Bertz CT molecular complexity index is 1440. The van der Waals surface area contributed by atoms with Gasteiger partial charge in [0.15, 0.2) is 0 Å². The molecule has 0 radical (unpaired) electrons. The average molecular weight is 440 g/mol. The van der Waals surface area contributed by atoms with Crippen LogP contribution in [0.2, 0.25) is 0 Å². The molecule has 0 bridgehead atoms. The van der Waals surface area contributed by atoms with Crippen LogP contribution in [0.3, 0.4) is 0 Å². The summed E-state index contributed by atoms with van der Waals surface area (Å²) in [5.74, 6) is -0.227. The smallest absolute Gasteiger partial charge is 0.310 e. The van der Waals surface area contributed by atoms with Gasteiger partial charge in [-0.15, -0.1) is 0 Å². The van der Waals surface area contributed by atoms with Gasteiger partial charge in [0.1, 0.15) is 5.75 Å². The van der Waals surface area contributed by atoms with Crippen molar-refractivity contribution in [2.45, 2.75) is 5.92 Å². The molecule has 158 valence electrons. The minimum atomic E-state index is -3.87. The van der Waals surface area contributed by atoms with Crippen molar-refractivity contribution in [3.8, 4) is 5.75 Å². The molecule has 0 aliphatic rings. The number of benzene rings is 4. The minimum absolute atomic E-state index is 0.162. The molecule has 0 saturated heterocycles. The summed E-state index contributed by atoms with van der Waals surface area (Å²) >= 11 is 0. The third-order valence-electron chi connectivity index (χ3n) is 5.49. The van der Waals surface area contributed by atoms with E-state index in [1.807, 2.05) is 97.1 Å². The van der Waals surface area contributed by atoms with Crippen molar-refractivity contribution >= 4 is 31.9 Å². The highest BCUT2D eigenvalue weighted by molar-refractivity contribution is 7.87.